The van der Waals surface area contributed by atoms with Crippen LogP contribution < -0.4 is 5.32 Å². The molecule has 1 rings (SSSR count). The predicted octanol–water partition coefficient (Wildman–Crippen LogP) is 0.373. The van der Waals surface area contributed by atoms with E-state index in [0.29, 0.717) is 6.04 Å². The summed E-state index contributed by atoms with van der Waals surface area (Å²) in [6, 6.07) is 0.664. The second-order valence-electron chi connectivity index (χ2n) is 5.70. The van der Waals surface area contributed by atoms with Gasteiger partial charge in [-0.25, -0.2) is 0 Å². The molecular formula is C13H29N3O. The summed E-state index contributed by atoms with van der Waals surface area (Å²) in [5, 5.41) is 12.5. The third kappa shape index (κ3) is 4.54. The second kappa shape index (κ2) is 6.69. The van der Waals surface area contributed by atoms with Gasteiger partial charge in [-0.05, 0) is 47.3 Å². The van der Waals surface area contributed by atoms with Crippen molar-refractivity contribution in [3.63, 3.8) is 0 Å². The van der Waals surface area contributed by atoms with E-state index in [1.807, 2.05) is 7.05 Å². The topological polar surface area (TPSA) is 38.7 Å². The van der Waals surface area contributed by atoms with Gasteiger partial charge in [-0.2, -0.15) is 0 Å². The highest BCUT2D eigenvalue weighted by molar-refractivity contribution is 4.82. The zero-order chi connectivity index (χ0) is 12.9. The summed E-state index contributed by atoms with van der Waals surface area (Å²) >= 11 is 0. The molecule has 4 nitrogen and oxygen atoms in total. The molecule has 1 heterocycles. The van der Waals surface area contributed by atoms with Gasteiger partial charge in [-0.15, -0.1) is 0 Å². The fourth-order valence-electron chi connectivity index (χ4n) is 2.30. The summed E-state index contributed by atoms with van der Waals surface area (Å²) < 4.78 is 0. The van der Waals surface area contributed by atoms with E-state index in [1.165, 1.54) is 19.6 Å². The van der Waals surface area contributed by atoms with E-state index in [2.05, 4.69) is 36.0 Å². The molecule has 0 aliphatic carbocycles. The van der Waals surface area contributed by atoms with Gasteiger partial charge in [-0.1, -0.05) is 0 Å². The summed E-state index contributed by atoms with van der Waals surface area (Å²) in [4.78, 5) is 4.96. The minimum absolute atomic E-state index is 0.113. The molecule has 0 aromatic carbocycles. The van der Waals surface area contributed by atoms with Gasteiger partial charge in [0, 0.05) is 31.2 Å². The Hall–Kier alpha value is -0.160. The van der Waals surface area contributed by atoms with Crippen LogP contribution >= 0.6 is 0 Å². The number of likely N-dealkylation sites (N-methyl/N-ethyl adjacent to an activating group) is 2. The van der Waals surface area contributed by atoms with Crippen LogP contribution in [-0.2, 0) is 0 Å². The van der Waals surface area contributed by atoms with E-state index in [1.54, 1.807) is 0 Å². The largest absolute Gasteiger partial charge is 0.394 e. The van der Waals surface area contributed by atoms with Crippen molar-refractivity contribution in [2.75, 3.05) is 46.9 Å². The van der Waals surface area contributed by atoms with Crippen molar-refractivity contribution in [2.45, 2.75) is 38.3 Å². The second-order valence-corrected chi connectivity index (χ2v) is 5.70. The number of hydrogen-bond donors (Lipinski definition) is 2. The van der Waals surface area contributed by atoms with Gasteiger partial charge in [0.2, 0.25) is 0 Å². The van der Waals surface area contributed by atoms with Crippen molar-refractivity contribution in [3.05, 3.63) is 0 Å². The number of nitrogens with one attached hydrogen (secondary N) is 1. The Labute approximate surface area is 106 Å². The molecule has 2 N–H and O–H groups in total. The Morgan fingerprint density at radius 3 is 2.65 bits per heavy atom. The lowest BCUT2D eigenvalue weighted by atomic mass is 9.97. The molecule has 1 saturated heterocycles. The molecule has 4 heteroatoms. The lowest BCUT2D eigenvalue weighted by Gasteiger charge is -2.38. The van der Waals surface area contributed by atoms with E-state index < -0.39 is 0 Å². The molecule has 0 saturated carbocycles. The van der Waals surface area contributed by atoms with E-state index in [-0.39, 0.29) is 12.1 Å². The Morgan fingerprint density at radius 2 is 2.12 bits per heavy atom. The van der Waals surface area contributed by atoms with Gasteiger partial charge in [-0.3, -0.25) is 0 Å². The Balaban J connectivity index is 2.23. The Kier molecular flexibility index (Phi) is 5.86. The highest BCUT2D eigenvalue weighted by Crippen LogP contribution is 2.13. The number of aliphatic hydroxyl groups excluding tert-OH is 1. The van der Waals surface area contributed by atoms with Crippen LogP contribution in [0.1, 0.15) is 26.7 Å². The summed E-state index contributed by atoms with van der Waals surface area (Å²) in [5.41, 5.74) is -0.113. The zero-order valence-electron chi connectivity index (χ0n) is 11.9. The van der Waals surface area contributed by atoms with E-state index in [0.717, 1.165) is 19.4 Å². The molecule has 0 bridgehead atoms. The number of nitrogens with zero attached hydrogens (tertiary/aromatic N) is 2. The highest BCUT2D eigenvalue weighted by Gasteiger charge is 2.23. The molecule has 1 fully saturated rings. The molecule has 2 atom stereocenters. The SMILES string of the molecule is CNC(C)(CO)CCCN1CCN(C)C(C)C1. The third-order valence-corrected chi connectivity index (χ3v) is 4.20. The number of hydrogen-bond acceptors (Lipinski definition) is 4. The van der Waals surface area contributed by atoms with Gasteiger partial charge < -0.3 is 20.2 Å². The van der Waals surface area contributed by atoms with Crippen molar-refractivity contribution in [1.29, 1.82) is 0 Å². The molecule has 0 amide bonds. The molecule has 0 spiro atoms. The monoisotopic (exact) mass is 243 g/mol. The first-order chi connectivity index (χ1) is 8.00. The summed E-state index contributed by atoms with van der Waals surface area (Å²) in [6.07, 6.45) is 2.18. The van der Waals surface area contributed by atoms with Crippen molar-refractivity contribution in [1.82, 2.24) is 15.1 Å². The van der Waals surface area contributed by atoms with E-state index >= 15 is 0 Å². The first-order valence-electron chi connectivity index (χ1n) is 6.73. The van der Waals surface area contributed by atoms with E-state index in [4.69, 9.17) is 0 Å². The average Bonchev–Trinajstić information content (AvgIpc) is 2.33. The minimum atomic E-state index is -0.113. The molecule has 1 aliphatic heterocycles. The van der Waals surface area contributed by atoms with Crippen LogP contribution in [0.2, 0.25) is 0 Å². The van der Waals surface area contributed by atoms with Crippen molar-refractivity contribution >= 4 is 0 Å². The fraction of sp³-hybridized carbons (Fsp3) is 1.00. The van der Waals surface area contributed by atoms with Crippen LogP contribution in [-0.4, -0.2) is 73.4 Å². The maximum atomic E-state index is 9.32. The van der Waals surface area contributed by atoms with Crippen molar-refractivity contribution in [2.24, 2.45) is 0 Å². The third-order valence-electron chi connectivity index (χ3n) is 4.20. The van der Waals surface area contributed by atoms with Crippen LogP contribution in [0.25, 0.3) is 0 Å². The highest BCUT2D eigenvalue weighted by atomic mass is 16.3. The summed E-state index contributed by atoms with van der Waals surface area (Å²) in [6.45, 7) is 9.25. The number of aliphatic hydroxyl groups is 1. The average molecular weight is 243 g/mol. The molecule has 1 aliphatic rings. The van der Waals surface area contributed by atoms with Gasteiger partial charge in [0.1, 0.15) is 0 Å². The van der Waals surface area contributed by atoms with Gasteiger partial charge in [0.05, 0.1) is 6.61 Å². The normalized spacial score (nSPS) is 27.0. The molecule has 0 radical (unpaired) electrons. The molecule has 0 aromatic rings. The number of piperazine rings is 1. The molecule has 17 heavy (non-hydrogen) atoms. The first-order valence-corrected chi connectivity index (χ1v) is 6.73. The quantitative estimate of drug-likeness (QED) is 0.707. The van der Waals surface area contributed by atoms with Crippen LogP contribution in [0, 0.1) is 0 Å². The van der Waals surface area contributed by atoms with Gasteiger partial charge >= 0.3 is 0 Å². The molecule has 0 aromatic heterocycles. The predicted molar refractivity (Wildman–Crippen MR) is 72.3 cm³/mol. The Bertz CT molecular complexity index is 219. The van der Waals surface area contributed by atoms with Crippen LogP contribution in [0.4, 0.5) is 0 Å². The number of rotatable bonds is 6. The van der Waals surface area contributed by atoms with Crippen molar-refractivity contribution in [3.8, 4) is 0 Å². The zero-order valence-corrected chi connectivity index (χ0v) is 11.9. The molecular weight excluding hydrogens is 214 g/mol. The van der Waals surface area contributed by atoms with Gasteiger partial charge in [0.25, 0.3) is 0 Å². The maximum Gasteiger partial charge on any atom is 0.0610 e. The van der Waals surface area contributed by atoms with E-state index in [9.17, 15) is 5.11 Å². The van der Waals surface area contributed by atoms with Crippen LogP contribution in [0.15, 0.2) is 0 Å². The van der Waals surface area contributed by atoms with Crippen LogP contribution in [0.3, 0.4) is 0 Å². The first kappa shape index (κ1) is 14.9. The fourth-order valence-corrected chi connectivity index (χ4v) is 2.30. The molecule has 2 unspecified atom stereocenters. The minimum Gasteiger partial charge on any atom is -0.394 e. The standard InChI is InChI=1S/C13H29N3O/c1-12-10-16(9-8-15(12)4)7-5-6-13(2,11-17)14-3/h12,14,17H,5-11H2,1-4H3. The smallest absolute Gasteiger partial charge is 0.0610 e. The molecule has 102 valence electrons. The summed E-state index contributed by atoms with van der Waals surface area (Å²) in [7, 11) is 4.12. The van der Waals surface area contributed by atoms with Gasteiger partial charge in [0.15, 0.2) is 0 Å². The van der Waals surface area contributed by atoms with Crippen LogP contribution in [0.5, 0.6) is 0 Å². The lowest BCUT2D eigenvalue weighted by Crippen LogP contribution is -2.50. The lowest BCUT2D eigenvalue weighted by molar-refractivity contribution is 0.0984. The Morgan fingerprint density at radius 1 is 1.41 bits per heavy atom. The summed E-state index contributed by atoms with van der Waals surface area (Å²) in [5.74, 6) is 0. The van der Waals surface area contributed by atoms with Crippen molar-refractivity contribution < 1.29 is 5.11 Å². The maximum absolute atomic E-state index is 9.32.